The second-order valence-corrected chi connectivity index (χ2v) is 6.30. The molecule has 4 aromatic rings. The molecule has 7 nitrogen and oxygen atoms in total. The number of ether oxygens (including phenoxy) is 1. The average molecular weight is 361 g/mol. The van der Waals surface area contributed by atoms with Crippen molar-refractivity contribution in [1.82, 2.24) is 20.6 Å². The van der Waals surface area contributed by atoms with Crippen LogP contribution >= 0.6 is 0 Å². The van der Waals surface area contributed by atoms with Gasteiger partial charge in [-0.25, -0.2) is 4.79 Å². The maximum atomic E-state index is 12.6. The van der Waals surface area contributed by atoms with E-state index in [0.717, 1.165) is 22.1 Å². The van der Waals surface area contributed by atoms with Crippen molar-refractivity contribution < 1.29 is 9.15 Å². The second kappa shape index (κ2) is 7.03. The summed E-state index contributed by atoms with van der Waals surface area (Å²) < 4.78 is 11.4. The summed E-state index contributed by atoms with van der Waals surface area (Å²) in [7, 11) is 0. The van der Waals surface area contributed by atoms with Gasteiger partial charge in [0, 0.05) is 28.8 Å². The Morgan fingerprint density at radius 3 is 2.63 bits per heavy atom. The molecule has 0 unspecified atom stereocenters. The van der Waals surface area contributed by atoms with Gasteiger partial charge in [0.05, 0.1) is 0 Å². The van der Waals surface area contributed by atoms with Gasteiger partial charge in [0.2, 0.25) is 0 Å². The highest BCUT2D eigenvalue weighted by molar-refractivity contribution is 5.85. The summed E-state index contributed by atoms with van der Waals surface area (Å²) in [4.78, 5) is 12.6. The van der Waals surface area contributed by atoms with Crippen molar-refractivity contribution in [2.45, 2.75) is 26.9 Å². The van der Waals surface area contributed by atoms with Gasteiger partial charge in [-0.2, -0.15) is 5.21 Å². The van der Waals surface area contributed by atoms with E-state index in [1.807, 2.05) is 56.3 Å². The fourth-order valence-electron chi connectivity index (χ4n) is 3.09. The molecule has 0 saturated heterocycles. The van der Waals surface area contributed by atoms with E-state index in [2.05, 4.69) is 20.6 Å². The molecule has 7 heteroatoms. The first-order valence-corrected chi connectivity index (χ1v) is 8.53. The van der Waals surface area contributed by atoms with Crippen LogP contribution in [-0.2, 0) is 13.0 Å². The SMILES string of the molecule is Cc1c(Cc2ccccc2)c(=O)oc2c(C)c(OCc3nnn[n-]3)ccc12. The van der Waals surface area contributed by atoms with E-state index in [9.17, 15) is 4.79 Å². The van der Waals surface area contributed by atoms with Crippen molar-refractivity contribution in [2.24, 2.45) is 0 Å². The van der Waals surface area contributed by atoms with Crippen LogP contribution in [0.4, 0.5) is 0 Å². The summed E-state index contributed by atoms with van der Waals surface area (Å²) in [5.41, 5.74) is 3.63. The summed E-state index contributed by atoms with van der Waals surface area (Å²) in [6.45, 7) is 3.96. The lowest BCUT2D eigenvalue weighted by Crippen LogP contribution is -2.11. The van der Waals surface area contributed by atoms with Gasteiger partial charge >= 0.3 is 5.63 Å². The molecule has 0 fully saturated rings. The van der Waals surface area contributed by atoms with Crippen LogP contribution in [-0.4, -0.2) is 15.5 Å². The largest absolute Gasteiger partial charge is 0.488 e. The number of hydrogen-bond donors (Lipinski definition) is 0. The molecule has 136 valence electrons. The Labute approximate surface area is 155 Å². The Kier molecular flexibility index (Phi) is 4.42. The van der Waals surface area contributed by atoms with E-state index < -0.39 is 0 Å². The average Bonchev–Trinajstić information content (AvgIpc) is 3.20. The lowest BCUT2D eigenvalue weighted by molar-refractivity contribution is 0.293. The zero-order valence-corrected chi connectivity index (χ0v) is 15.0. The summed E-state index contributed by atoms with van der Waals surface area (Å²) >= 11 is 0. The third kappa shape index (κ3) is 3.31. The minimum Gasteiger partial charge on any atom is -0.488 e. The molecule has 0 radical (unpaired) electrons. The molecule has 0 aliphatic rings. The topological polar surface area (TPSA) is 92.2 Å². The second-order valence-electron chi connectivity index (χ2n) is 6.30. The highest BCUT2D eigenvalue weighted by Gasteiger charge is 2.15. The summed E-state index contributed by atoms with van der Waals surface area (Å²) in [6, 6.07) is 13.6. The van der Waals surface area contributed by atoms with Crippen LogP contribution in [0.3, 0.4) is 0 Å². The fourth-order valence-corrected chi connectivity index (χ4v) is 3.09. The van der Waals surface area contributed by atoms with Crippen molar-refractivity contribution in [2.75, 3.05) is 0 Å². The van der Waals surface area contributed by atoms with Crippen molar-refractivity contribution in [3.63, 3.8) is 0 Å². The molecule has 0 aliphatic heterocycles. The van der Waals surface area contributed by atoms with E-state index >= 15 is 0 Å². The standard InChI is InChI=1S/C20H17N4O3/c1-12-15-8-9-17(26-11-18-21-23-24-22-18)13(2)19(15)27-20(25)16(12)10-14-6-4-3-5-7-14/h3-9H,10-11H2,1-2H3/q-1. The summed E-state index contributed by atoms with van der Waals surface area (Å²) in [5, 5.41) is 15.2. The predicted molar refractivity (Wildman–Crippen MR) is 98.7 cm³/mol. The van der Waals surface area contributed by atoms with Gasteiger partial charge < -0.3 is 14.3 Å². The van der Waals surface area contributed by atoms with Crippen LogP contribution in [0.5, 0.6) is 5.75 Å². The normalized spacial score (nSPS) is 11.0. The summed E-state index contributed by atoms with van der Waals surface area (Å²) in [5.74, 6) is 0.996. The number of benzene rings is 2. The number of fused-ring (bicyclic) bond motifs is 1. The van der Waals surface area contributed by atoms with Gasteiger partial charge in [0.1, 0.15) is 17.9 Å². The van der Waals surface area contributed by atoms with Crippen molar-refractivity contribution in [3.05, 3.63) is 81.0 Å². The lowest BCUT2D eigenvalue weighted by Gasteiger charge is -2.13. The van der Waals surface area contributed by atoms with Gasteiger partial charge in [0.25, 0.3) is 0 Å². The van der Waals surface area contributed by atoms with E-state index in [1.165, 1.54) is 0 Å². The van der Waals surface area contributed by atoms with Gasteiger partial charge in [0.15, 0.2) is 0 Å². The highest BCUT2D eigenvalue weighted by Crippen LogP contribution is 2.30. The van der Waals surface area contributed by atoms with Crippen LogP contribution in [0.2, 0.25) is 0 Å². The van der Waals surface area contributed by atoms with E-state index in [0.29, 0.717) is 29.1 Å². The Morgan fingerprint density at radius 1 is 1.07 bits per heavy atom. The van der Waals surface area contributed by atoms with Gasteiger partial charge in [-0.3, -0.25) is 10.3 Å². The molecular weight excluding hydrogens is 344 g/mol. The first-order valence-electron chi connectivity index (χ1n) is 8.53. The van der Waals surface area contributed by atoms with Crippen LogP contribution < -0.4 is 15.5 Å². The maximum absolute atomic E-state index is 12.6. The predicted octanol–water partition coefficient (Wildman–Crippen LogP) is 2.72. The molecule has 0 amide bonds. The molecule has 0 aliphatic carbocycles. The number of aryl methyl sites for hydroxylation is 2. The Balaban J connectivity index is 1.71. The van der Waals surface area contributed by atoms with E-state index in [1.54, 1.807) is 0 Å². The summed E-state index contributed by atoms with van der Waals surface area (Å²) in [6.07, 6.45) is 0.538. The molecule has 0 N–H and O–H groups in total. The molecule has 0 bridgehead atoms. The molecule has 2 aromatic carbocycles. The van der Waals surface area contributed by atoms with Crippen LogP contribution in [0.25, 0.3) is 11.0 Å². The molecule has 27 heavy (non-hydrogen) atoms. The third-order valence-corrected chi connectivity index (χ3v) is 4.59. The number of hydrogen-bond acceptors (Lipinski definition) is 6. The zero-order chi connectivity index (χ0) is 18.8. The van der Waals surface area contributed by atoms with Gasteiger partial charge in [-0.15, -0.1) is 0 Å². The smallest absolute Gasteiger partial charge is 0.340 e. The number of tetrazole rings is 1. The molecule has 2 aromatic heterocycles. The van der Waals surface area contributed by atoms with Crippen molar-refractivity contribution in [3.8, 4) is 5.75 Å². The maximum Gasteiger partial charge on any atom is 0.340 e. The van der Waals surface area contributed by atoms with Gasteiger partial charge in [-0.1, -0.05) is 30.3 Å². The molecule has 4 rings (SSSR count). The van der Waals surface area contributed by atoms with Crippen LogP contribution in [0.1, 0.15) is 28.1 Å². The van der Waals surface area contributed by atoms with Crippen molar-refractivity contribution in [1.29, 1.82) is 0 Å². The Hall–Kier alpha value is -3.48. The zero-order valence-electron chi connectivity index (χ0n) is 15.0. The molecular formula is C20H17N4O3-. The highest BCUT2D eigenvalue weighted by atomic mass is 16.5. The first kappa shape index (κ1) is 17.0. The van der Waals surface area contributed by atoms with E-state index in [-0.39, 0.29) is 12.2 Å². The third-order valence-electron chi connectivity index (χ3n) is 4.59. The van der Waals surface area contributed by atoms with Gasteiger partial charge in [-0.05, 0) is 37.1 Å². The first-order chi connectivity index (χ1) is 13.1. The molecule has 0 saturated carbocycles. The lowest BCUT2D eigenvalue weighted by atomic mass is 9.98. The minimum atomic E-state index is -0.322. The van der Waals surface area contributed by atoms with E-state index in [4.69, 9.17) is 9.15 Å². The number of aromatic nitrogens is 4. The van der Waals surface area contributed by atoms with Crippen LogP contribution in [0.15, 0.2) is 51.7 Å². The minimum absolute atomic E-state index is 0.147. The van der Waals surface area contributed by atoms with Crippen LogP contribution in [0, 0.1) is 13.8 Å². The molecule has 0 atom stereocenters. The monoisotopic (exact) mass is 361 g/mol. The number of rotatable bonds is 5. The molecule has 2 heterocycles. The Morgan fingerprint density at radius 2 is 1.89 bits per heavy atom. The molecule has 0 spiro atoms. The van der Waals surface area contributed by atoms with Crippen molar-refractivity contribution >= 4 is 11.0 Å². The number of nitrogens with zero attached hydrogens (tertiary/aromatic N) is 4. The fraction of sp³-hybridized carbons (Fsp3) is 0.200. The quantitative estimate of drug-likeness (QED) is 0.505. The Bertz CT molecular complexity index is 1140.